The van der Waals surface area contributed by atoms with Crippen molar-refractivity contribution >= 4 is 29.0 Å². The number of ketones is 1. The minimum atomic E-state index is -0.367. The first-order chi connectivity index (χ1) is 12.6. The van der Waals surface area contributed by atoms with Crippen molar-refractivity contribution in [1.29, 1.82) is 0 Å². The highest BCUT2D eigenvalue weighted by atomic mass is 35.5. The third-order valence-corrected chi connectivity index (χ3v) is 7.08. The number of hydrogen-bond donors (Lipinski definition) is 0. The maximum atomic E-state index is 14.2. The van der Waals surface area contributed by atoms with Gasteiger partial charge in [0.15, 0.2) is 5.78 Å². The lowest BCUT2D eigenvalue weighted by atomic mass is 9.62. The van der Waals surface area contributed by atoms with Crippen molar-refractivity contribution in [3.63, 3.8) is 0 Å². The Morgan fingerprint density at radius 1 is 0.615 bits per heavy atom. The molecule has 0 radical (unpaired) electrons. The molecule has 2 saturated carbocycles. The van der Waals surface area contributed by atoms with Crippen LogP contribution in [0.1, 0.15) is 62.5 Å². The van der Waals surface area contributed by atoms with Crippen LogP contribution in [-0.2, 0) is 15.6 Å². The summed E-state index contributed by atoms with van der Waals surface area (Å²) in [4.78, 5) is 14.2. The topological polar surface area (TPSA) is 17.1 Å². The first-order valence-corrected chi connectivity index (χ1v) is 10.4. The van der Waals surface area contributed by atoms with Crippen LogP contribution < -0.4 is 0 Å². The molecule has 0 unspecified atom stereocenters. The van der Waals surface area contributed by atoms with Crippen molar-refractivity contribution in [2.45, 2.75) is 62.2 Å². The van der Waals surface area contributed by atoms with E-state index in [9.17, 15) is 4.79 Å². The molecule has 2 fully saturated rings. The summed E-state index contributed by atoms with van der Waals surface area (Å²) >= 11 is 12.2. The Labute approximate surface area is 165 Å². The van der Waals surface area contributed by atoms with Crippen LogP contribution in [0.15, 0.2) is 48.5 Å². The van der Waals surface area contributed by atoms with Crippen molar-refractivity contribution < 1.29 is 4.79 Å². The summed E-state index contributed by atoms with van der Waals surface area (Å²) in [5, 5.41) is 1.45. The number of benzene rings is 2. The van der Waals surface area contributed by atoms with Gasteiger partial charge in [0.05, 0.1) is 10.8 Å². The van der Waals surface area contributed by atoms with Gasteiger partial charge >= 0.3 is 0 Å². The van der Waals surface area contributed by atoms with Crippen molar-refractivity contribution in [3.8, 4) is 0 Å². The molecule has 0 heterocycles. The van der Waals surface area contributed by atoms with Crippen molar-refractivity contribution in [2.75, 3.05) is 0 Å². The monoisotopic (exact) mass is 386 g/mol. The van der Waals surface area contributed by atoms with Gasteiger partial charge in [-0.2, -0.15) is 0 Å². The molecule has 136 valence electrons. The molecule has 26 heavy (non-hydrogen) atoms. The zero-order valence-electron chi connectivity index (χ0n) is 14.9. The fraction of sp³-hybridized carbons (Fsp3) is 0.435. The molecule has 0 aromatic heterocycles. The van der Waals surface area contributed by atoms with E-state index >= 15 is 0 Å². The number of carbonyl (C=O) groups excluding carboxylic acids is 1. The summed E-state index contributed by atoms with van der Waals surface area (Å²) in [6.07, 6.45) is 8.25. The number of halogens is 2. The Kier molecular flexibility index (Phi) is 4.88. The molecule has 4 rings (SSSR count). The van der Waals surface area contributed by atoms with Gasteiger partial charge in [0.25, 0.3) is 0 Å². The highest BCUT2D eigenvalue weighted by molar-refractivity contribution is 6.30. The van der Waals surface area contributed by atoms with Crippen LogP contribution in [-0.4, -0.2) is 5.78 Å². The lowest BCUT2D eigenvalue weighted by Crippen LogP contribution is -2.46. The van der Waals surface area contributed by atoms with E-state index in [2.05, 4.69) is 24.3 Å². The summed E-state index contributed by atoms with van der Waals surface area (Å²) in [7, 11) is 0. The second kappa shape index (κ2) is 7.02. The van der Waals surface area contributed by atoms with Crippen LogP contribution >= 0.6 is 23.2 Å². The van der Waals surface area contributed by atoms with Gasteiger partial charge in [-0.1, -0.05) is 73.2 Å². The van der Waals surface area contributed by atoms with Crippen LogP contribution in [0.25, 0.3) is 0 Å². The van der Waals surface area contributed by atoms with E-state index in [-0.39, 0.29) is 10.8 Å². The summed E-state index contributed by atoms with van der Waals surface area (Å²) in [6.45, 7) is 0. The molecule has 0 N–H and O–H groups in total. The molecule has 2 aliphatic carbocycles. The van der Waals surface area contributed by atoms with Gasteiger partial charge in [0.1, 0.15) is 0 Å². The molecule has 2 aliphatic rings. The molecule has 0 aliphatic heterocycles. The molecule has 0 bridgehead atoms. The molecule has 3 heteroatoms. The van der Waals surface area contributed by atoms with Crippen LogP contribution in [0.2, 0.25) is 10.0 Å². The fourth-order valence-corrected chi connectivity index (χ4v) is 5.50. The quantitative estimate of drug-likeness (QED) is 0.558. The predicted octanol–water partition coefficient (Wildman–Crippen LogP) is 6.89. The fourth-order valence-electron chi connectivity index (χ4n) is 5.25. The molecule has 0 amide bonds. The minimum absolute atomic E-state index is 0.367. The van der Waals surface area contributed by atoms with E-state index in [1.807, 2.05) is 24.3 Å². The zero-order valence-corrected chi connectivity index (χ0v) is 16.5. The third kappa shape index (κ3) is 2.90. The van der Waals surface area contributed by atoms with E-state index in [1.54, 1.807) is 0 Å². The number of Topliss-reactive ketones (excluding diaryl/α,β-unsaturated/α-hetero) is 1. The number of hydrogen-bond acceptors (Lipinski definition) is 1. The molecule has 1 nitrogen and oxygen atoms in total. The Morgan fingerprint density at radius 2 is 0.923 bits per heavy atom. The van der Waals surface area contributed by atoms with E-state index in [1.165, 1.54) is 0 Å². The van der Waals surface area contributed by atoms with E-state index in [0.29, 0.717) is 5.78 Å². The van der Waals surface area contributed by atoms with Gasteiger partial charge in [0, 0.05) is 10.0 Å². The van der Waals surface area contributed by atoms with Crippen molar-refractivity contribution in [3.05, 3.63) is 69.7 Å². The molecule has 0 atom stereocenters. The van der Waals surface area contributed by atoms with Gasteiger partial charge in [0.2, 0.25) is 0 Å². The van der Waals surface area contributed by atoms with Crippen LogP contribution in [0, 0.1) is 0 Å². The summed E-state index contributed by atoms with van der Waals surface area (Å²) in [6, 6.07) is 16.0. The first kappa shape index (κ1) is 18.1. The molecule has 2 aromatic rings. The number of carbonyl (C=O) groups is 1. The Morgan fingerprint density at radius 3 is 1.23 bits per heavy atom. The largest absolute Gasteiger partial charge is 0.298 e. The maximum Gasteiger partial charge on any atom is 0.153 e. The molecule has 2 aromatic carbocycles. The van der Waals surface area contributed by atoms with Crippen molar-refractivity contribution in [1.82, 2.24) is 0 Å². The van der Waals surface area contributed by atoms with Crippen molar-refractivity contribution in [2.24, 2.45) is 0 Å². The second-order valence-corrected chi connectivity index (χ2v) is 8.79. The predicted molar refractivity (Wildman–Crippen MR) is 108 cm³/mol. The van der Waals surface area contributed by atoms with Gasteiger partial charge in [-0.3, -0.25) is 4.79 Å². The first-order valence-electron chi connectivity index (χ1n) is 9.64. The Hall–Kier alpha value is -1.31. The maximum absolute atomic E-state index is 14.2. The molecular weight excluding hydrogens is 363 g/mol. The molecule has 0 spiro atoms. The van der Waals surface area contributed by atoms with E-state index in [0.717, 1.165) is 72.5 Å². The lowest BCUT2D eigenvalue weighted by molar-refractivity contribution is -0.130. The highest BCUT2D eigenvalue weighted by Crippen LogP contribution is 2.52. The lowest BCUT2D eigenvalue weighted by Gasteiger charge is -2.39. The average molecular weight is 387 g/mol. The normalized spacial score (nSPS) is 21.0. The van der Waals surface area contributed by atoms with E-state index in [4.69, 9.17) is 23.2 Å². The van der Waals surface area contributed by atoms with Crippen LogP contribution in [0.5, 0.6) is 0 Å². The van der Waals surface area contributed by atoms with Gasteiger partial charge < -0.3 is 0 Å². The number of rotatable bonds is 4. The van der Waals surface area contributed by atoms with Crippen LogP contribution in [0.4, 0.5) is 0 Å². The smallest absolute Gasteiger partial charge is 0.153 e. The van der Waals surface area contributed by atoms with Gasteiger partial charge in [-0.05, 0) is 61.1 Å². The average Bonchev–Trinajstić information content (AvgIpc) is 3.33. The summed E-state index contributed by atoms with van der Waals surface area (Å²) in [5.74, 6) is 0.421. The molecule has 0 saturated heterocycles. The summed E-state index contributed by atoms with van der Waals surface area (Å²) in [5.41, 5.74) is 1.55. The highest BCUT2D eigenvalue weighted by Gasteiger charge is 2.53. The van der Waals surface area contributed by atoms with Gasteiger partial charge in [-0.25, -0.2) is 0 Å². The second-order valence-electron chi connectivity index (χ2n) is 7.92. The zero-order chi connectivity index (χ0) is 18.2. The standard InChI is InChI=1S/C23H24Cl2O/c24-19-9-5-17(6-10-19)22(13-1-2-14-22)21(26)23(15-3-4-16-23)18-7-11-20(25)12-8-18/h5-12H,1-4,13-16H2. The Balaban J connectivity index is 1.81. The third-order valence-electron chi connectivity index (χ3n) is 6.58. The molecular formula is C23H24Cl2O. The van der Waals surface area contributed by atoms with Crippen LogP contribution in [0.3, 0.4) is 0 Å². The Bertz CT molecular complexity index is 712. The minimum Gasteiger partial charge on any atom is -0.298 e. The van der Waals surface area contributed by atoms with E-state index < -0.39 is 0 Å². The van der Waals surface area contributed by atoms with Gasteiger partial charge in [-0.15, -0.1) is 0 Å². The SMILES string of the molecule is O=C(C1(c2ccc(Cl)cc2)CCCC1)C1(c2ccc(Cl)cc2)CCCC1. The summed E-state index contributed by atoms with van der Waals surface area (Å²) < 4.78 is 0.